The number of hydrogen-bond acceptors (Lipinski definition) is 5. The average molecular weight is 505 g/mol. The van der Waals surface area contributed by atoms with E-state index in [1.807, 2.05) is 42.5 Å². The molecule has 0 aliphatic carbocycles. The highest BCUT2D eigenvalue weighted by Gasteiger charge is 2.20. The van der Waals surface area contributed by atoms with Crippen molar-refractivity contribution in [2.75, 3.05) is 20.3 Å². The SMILES string of the molecule is CCOc1ccc([C@@H](C)NS(=O)(=O)c2ccc(OC)c(I)c2)cc1OCC. The minimum Gasteiger partial charge on any atom is -0.496 e. The Morgan fingerprint density at radius 1 is 1.00 bits per heavy atom. The first-order chi connectivity index (χ1) is 12.8. The van der Waals surface area contributed by atoms with Gasteiger partial charge in [-0.2, -0.15) is 0 Å². The fraction of sp³-hybridized carbons (Fsp3) is 0.368. The highest BCUT2D eigenvalue weighted by Crippen LogP contribution is 2.31. The minimum absolute atomic E-state index is 0.190. The summed E-state index contributed by atoms with van der Waals surface area (Å²) in [5.74, 6) is 1.88. The van der Waals surface area contributed by atoms with E-state index in [1.165, 1.54) is 6.07 Å². The average Bonchev–Trinajstić information content (AvgIpc) is 2.63. The lowest BCUT2D eigenvalue weighted by Crippen LogP contribution is -2.27. The summed E-state index contributed by atoms with van der Waals surface area (Å²) in [7, 11) is -2.13. The molecule has 1 atom stereocenters. The maximum atomic E-state index is 12.7. The lowest BCUT2D eigenvalue weighted by atomic mass is 10.1. The number of benzene rings is 2. The number of hydrogen-bond donors (Lipinski definition) is 1. The summed E-state index contributed by atoms with van der Waals surface area (Å²) in [6, 6.07) is 9.75. The molecule has 0 radical (unpaired) electrons. The van der Waals surface area contributed by atoms with Gasteiger partial charge in [0, 0.05) is 6.04 Å². The van der Waals surface area contributed by atoms with Gasteiger partial charge in [0.05, 0.1) is 28.8 Å². The van der Waals surface area contributed by atoms with Gasteiger partial charge in [-0.15, -0.1) is 0 Å². The van der Waals surface area contributed by atoms with E-state index in [2.05, 4.69) is 4.72 Å². The second kappa shape index (κ2) is 9.61. The predicted molar refractivity (Wildman–Crippen MR) is 113 cm³/mol. The van der Waals surface area contributed by atoms with Crippen molar-refractivity contribution in [2.24, 2.45) is 0 Å². The standard InChI is InChI=1S/C19H24INO5S/c1-5-25-18-9-7-14(11-19(18)26-6-2)13(3)21-27(22,23)15-8-10-17(24-4)16(20)12-15/h7-13,21H,5-6H2,1-4H3/t13-/m1/s1. The number of halogens is 1. The van der Waals surface area contributed by atoms with Gasteiger partial charge in [-0.3, -0.25) is 0 Å². The summed E-state index contributed by atoms with van der Waals surface area (Å²) in [6.45, 7) is 6.60. The first kappa shape index (κ1) is 21.8. The first-order valence-electron chi connectivity index (χ1n) is 8.57. The maximum Gasteiger partial charge on any atom is 0.241 e. The topological polar surface area (TPSA) is 73.9 Å². The molecule has 8 heteroatoms. The van der Waals surface area contributed by atoms with Gasteiger partial charge in [0.2, 0.25) is 10.0 Å². The zero-order chi connectivity index (χ0) is 20.0. The molecular formula is C19H24INO5S. The van der Waals surface area contributed by atoms with Crippen molar-refractivity contribution in [3.8, 4) is 17.2 Å². The number of ether oxygens (including phenoxy) is 3. The van der Waals surface area contributed by atoms with Crippen molar-refractivity contribution in [1.82, 2.24) is 4.72 Å². The van der Waals surface area contributed by atoms with Crippen molar-refractivity contribution in [3.63, 3.8) is 0 Å². The third-order valence-electron chi connectivity index (χ3n) is 3.83. The Balaban J connectivity index is 2.26. The van der Waals surface area contributed by atoms with Gasteiger partial charge in [-0.1, -0.05) is 6.07 Å². The van der Waals surface area contributed by atoms with E-state index in [0.717, 1.165) is 9.13 Å². The molecule has 27 heavy (non-hydrogen) atoms. The number of nitrogens with one attached hydrogen (secondary N) is 1. The normalized spacial score (nSPS) is 12.5. The monoisotopic (exact) mass is 505 g/mol. The molecule has 2 rings (SSSR count). The lowest BCUT2D eigenvalue weighted by molar-refractivity contribution is 0.287. The van der Waals surface area contributed by atoms with Crippen LogP contribution in [0.2, 0.25) is 0 Å². The Morgan fingerprint density at radius 2 is 1.63 bits per heavy atom. The van der Waals surface area contributed by atoms with Crippen molar-refractivity contribution >= 4 is 32.6 Å². The quantitative estimate of drug-likeness (QED) is 0.519. The molecule has 2 aromatic rings. The zero-order valence-corrected chi connectivity index (χ0v) is 18.8. The molecule has 0 aromatic heterocycles. The van der Waals surface area contributed by atoms with E-state index in [1.54, 1.807) is 38.3 Å². The van der Waals surface area contributed by atoms with Crippen LogP contribution in [0, 0.1) is 3.57 Å². The fourth-order valence-electron chi connectivity index (χ4n) is 2.52. The molecule has 148 valence electrons. The van der Waals surface area contributed by atoms with Crippen LogP contribution in [0.5, 0.6) is 17.2 Å². The van der Waals surface area contributed by atoms with Crippen LogP contribution < -0.4 is 18.9 Å². The second-order valence-electron chi connectivity index (χ2n) is 5.71. The Labute approximate surface area is 174 Å². The molecule has 0 spiro atoms. The Bertz CT molecular complexity index is 886. The Morgan fingerprint density at radius 3 is 2.22 bits per heavy atom. The van der Waals surface area contributed by atoms with Crippen molar-refractivity contribution < 1.29 is 22.6 Å². The van der Waals surface area contributed by atoms with Crippen LogP contribution in [0.1, 0.15) is 32.4 Å². The second-order valence-corrected chi connectivity index (χ2v) is 8.59. The van der Waals surface area contributed by atoms with Gasteiger partial charge in [0.1, 0.15) is 5.75 Å². The van der Waals surface area contributed by atoms with Gasteiger partial charge in [-0.05, 0) is 79.3 Å². The molecule has 0 saturated carbocycles. The van der Waals surface area contributed by atoms with Crippen LogP contribution in [0.25, 0.3) is 0 Å². The zero-order valence-electron chi connectivity index (χ0n) is 15.8. The lowest BCUT2D eigenvalue weighted by Gasteiger charge is -2.18. The van der Waals surface area contributed by atoms with Gasteiger partial charge < -0.3 is 14.2 Å². The Hall–Kier alpha value is -1.52. The highest BCUT2D eigenvalue weighted by molar-refractivity contribution is 14.1. The van der Waals surface area contributed by atoms with E-state index < -0.39 is 16.1 Å². The smallest absolute Gasteiger partial charge is 0.241 e. The molecule has 0 unspecified atom stereocenters. The van der Waals surface area contributed by atoms with E-state index in [9.17, 15) is 8.42 Å². The molecule has 0 aliphatic rings. The van der Waals surface area contributed by atoms with E-state index in [-0.39, 0.29) is 4.90 Å². The van der Waals surface area contributed by atoms with E-state index in [0.29, 0.717) is 30.5 Å². The molecule has 6 nitrogen and oxygen atoms in total. The molecule has 0 amide bonds. The molecule has 0 bridgehead atoms. The molecule has 0 fully saturated rings. The maximum absolute atomic E-state index is 12.7. The van der Waals surface area contributed by atoms with Crippen molar-refractivity contribution in [3.05, 3.63) is 45.5 Å². The van der Waals surface area contributed by atoms with Crippen LogP contribution in [0.3, 0.4) is 0 Å². The number of methoxy groups -OCH3 is 1. The van der Waals surface area contributed by atoms with Crippen LogP contribution in [0.4, 0.5) is 0 Å². The summed E-state index contributed by atoms with van der Waals surface area (Å²) in [5.41, 5.74) is 0.786. The fourth-order valence-corrected chi connectivity index (χ4v) is 4.72. The molecule has 0 saturated heterocycles. The molecule has 1 N–H and O–H groups in total. The summed E-state index contributed by atoms with van der Waals surface area (Å²) in [4.78, 5) is 0.190. The first-order valence-corrected chi connectivity index (χ1v) is 11.1. The van der Waals surface area contributed by atoms with Crippen molar-refractivity contribution in [1.29, 1.82) is 0 Å². The predicted octanol–water partition coefficient (Wildman–Crippen LogP) is 4.14. The number of rotatable bonds is 9. The third kappa shape index (κ3) is 5.49. The largest absolute Gasteiger partial charge is 0.496 e. The molecule has 0 aliphatic heterocycles. The van der Waals surface area contributed by atoms with E-state index >= 15 is 0 Å². The Kier molecular flexibility index (Phi) is 7.75. The summed E-state index contributed by atoms with van der Waals surface area (Å²) in [5, 5.41) is 0. The molecule has 0 heterocycles. The van der Waals surface area contributed by atoms with Crippen LogP contribution in [0.15, 0.2) is 41.3 Å². The number of sulfonamides is 1. The van der Waals surface area contributed by atoms with E-state index in [4.69, 9.17) is 14.2 Å². The van der Waals surface area contributed by atoms with Crippen LogP contribution >= 0.6 is 22.6 Å². The van der Waals surface area contributed by atoms with Crippen LogP contribution in [-0.2, 0) is 10.0 Å². The summed E-state index contributed by atoms with van der Waals surface area (Å²) >= 11 is 2.05. The van der Waals surface area contributed by atoms with Gasteiger partial charge in [-0.25, -0.2) is 13.1 Å². The van der Waals surface area contributed by atoms with Crippen LogP contribution in [-0.4, -0.2) is 28.7 Å². The van der Waals surface area contributed by atoms with Gasteiger partial charge >= 0.3 is 0 Å². The minimum atomic E-state index is -3.68. The van der Waals surface area contributed by atoms with Gasteiger partial charge in [0.15, 0.2) is 11.5 Å². The van der Waals surface area contributed by atoms with Crippen molar-refractivity contribution in [2.45, 2.75) is 31.7 Å². The third-order valence-corrected chi connectivity index (χ3v) is 6.21. The van der Waals surface area contributed by atoms with Gasteiger partial charge in [0.25, 0.3) is 0 Å². The molecule has 2 aromatic carbocycles. The highest BCUT2D eigenvalue weighted by atomic mass is 127. The summed E-state index contributed by atoms with van der Waals surface area (Å²) in [6.07, 6.45) is 0. The summed E-state index contributed by atoms with van der Waals surface area (Å²) < 4.78 is 45.3. The molecular weight excluding hydrogens is 481 g/mol.